The molecule has 0 atom stereocenters. The van der Waals surface area contributed by atoms with Gasteiger partial charge in [-0.2, -0.15) is 4.31 Å². The maximum atomic E-state index is 12.4. The molecule has 1 aromatic heterocycles. The first kappa shape index (κ1) is 14.8. The van der Waals surface area contributed by atoms with Gasteiger partial charge in [-0.15, -0.1) is 0 Å². The molecule has 0 aliphatic carbocycles. The quantitative estimate of drug-likeness (QED) is 0.914. The summed E-state index contributed by atoms with van der Waals surface area (Å²) in [5.74, 6) is 0.575. The summed E-state index contributed by atoms with van der Waals surface area (Å²) in [6.07, 6.45) is 1.51. The van der Waals surface area contributed by atoms with Crippen molar-refractivity contribution in [2.24, 2.45) is 0 Å². The summed E-state index contributed by atoms with van der Waals surface area (Å²) in [5, 5.41) is 9.23. The van der Waals surface area contributed by atoms with Crippen LogP contribution in [0.4, 0.5) is 0 Å². The van der Waals surface area contributed by atoms with Gasteiger partial charge in [0.2, 0.25) is 10.0 Å². The standard InChI is InChI=1S/C14H17NO4S/c1-11-5-6-14(8-12(11)10-16)20(17,18)15(2)9-13-4-3-7-19-13/h3-8,16H,9-10H2,1-2H3. The van der Waals surface area contributed by atoms with E-state index in [-0.39, 0.29) is 18.0 Å². The van der Waals surface area contributed by atoms with Gasteiger partial charge in [0.1, 0.15) is 5.76 Å². The zero-order chi connectivity index (χ0) is 14.8. The van der Waals surface area contributed by atoms with Gasteiger partial charge in [-0.1, -0.05) is 6.07 Å². The lowest BCUT2D eigenvalue weighted by atomic mass is 10.1. The van der Waals surface area contributed by atoms with Crippen LogP contribution in [0, 0.1) is 6.92 Å². The summed E-state index contributed by atoms with van der Waals surface area (Å²) >= 11 is 0. The molecule has 0 saturated heterocycles. The Hall–Kier alpha value is -1.63. The number of hydrogen-bond donors (Lipinski definition) is 1. The van der Waals surface area contributed by atoms with Crippen LogP contribution in [-0.4, -0.2) is 24.9 Å². The van der Waals surface area contributed by atoms with Crippen LogP contribution in [0.5, 0.6) is 0 Å². The lowest BCUT2D eigenvalue weighted by Gasteiger charge is -2.17. The van der Waals surface area contributed by atoms with E-state index >= 15 is 0 Å². The molecule has 5 nitrogen and oxygen atoms in total. The molecule has 1 N–H and O–H groups in total. The number of aliphatic hydroxyl groups excluding tert-OH is 1. The molecule has 108 valence electrons. The van der Waals surface area contributed by atoms with Crippen LogP contribution in [0.1, 0.15) is 16.9 Å². The highest BCUT2D eigenvalue weighted by atomic mass is 32.2. The summed E-state index contributed by atoms with van der Waals surface area (Å²) in [7, 11) is -2.11. The molecule has 0 fully saturated rings. The Morgan fingerprint density at radius 1 is 1.30 bits per heavy atom. The molecule has 20 heavy (non-hydrogen) atoms. The third kappa shape index (κ3) is 2.92. The molecule has 2 aromatic rings. The van der Waals surface area contributed by atoms with Crippen molar-refractivity contribution in [1.82, 2.24) is 4.31 Å². The van der Waals surface area contributed by atoms with Crippen molar-refractivity contribution in [2.75, 3.05) is 7.05 Å². The second kappa shape index (κ2) is 5.78. The van der Waals surface area contributed by atoms with Crippen LogP contribution in [0.25, 0.3) is 0 Å². The summed E-state index contributed by atoms with van der Waals surface area (Å²) in [4.78, 5) is 0.168. The third-order valence-electron chi connectivity index (χ3n) is 3.16. The van der Waals surface area contributed by atoms with Crippen LogP contribution in [0.15, 0.2) is 45.9 Å². The number of hydrogen-bond acceptors (Lipinski definition) is 4. The molecular weight excluding hydrogens is 278 g/mol. The van der Waals surface area contributed by atoms with Gasteiger partial charge < -0.3 is 9.52 Å². The summed E-state index contributed by atoms with van der Waals surface area (Å²) in [6, 6.07) is 8.18. The van der Waals surface area contributed by atoms with E-state index in [1.54, 1.807) is 24.3 Å². The van der Waals surface area contributed by atoms with E-state index in [0.29, 0.717) is 11.3 Å². The van der Waals surface area contributed by atoms with Crippen LogP contribution in [-0.2, 0) is 23.2 Å². The molecule has 2 rings (SSSR count). The fourth-order valence-electron chi connectivity index (χ4n) is 1.87. The predicted octanol–water partition coefficient (Wildman–Crippen LogP) is 1.90. The van der Waals surface area contributed by atoms with Crippen molar-refractivity contribution < 1.29 is 17.9 Å². The van der Waals surface area contributed by atoms with Gasteiger partial charge in [0.05, 0.1) is 24.3 Å². The minimum absolute atomic E-state index is 0.164. The van der Waals surface area contributed by atoms with Crippen molar-refractivity contribution in [2.45, 2.75) is 25.0 Å². The maximum Gasteiger partial charge on any atom is 0.243 e. The Morgan fingerprint density at radius 2 is 2.05 bits per heavy atom. The minimum atomic E-state index is -3.60. The van der Waals surface area contributed by atoms with E-state index in [9.17, 15) is 13.5 Å². The third-order valence-corrected chi connectivity index (χ3v) is 4.96. The Kier molecular flexibility index (Phi) is 4.27. The van der Waals surface area contributed by atoms with Crippen molar-refractivity contribution >= 4 is 10.0 Å². The molecule has 1 aromatic carbocycles. The van der Waals surface area contributed by atoms with Gasteiger partial charge in [0, 0.05) is 7.05 Å². The van der Waals surface area contributed by atoms with Gasteiger partial charge in [-0.05, 0) is 42.3 Å². The van der Waals surface area contributed by atoms with Gasteiger partial charge in [0.15, 0.2) is 0 Å². The van der Waals surface area contributed by atoms with Gasteiger partial charge >= 0.3 is 0 Å². The molecule has 0 aliphatic heterocycles. The molecule has 0 radical (unpaired) electrons. The lowest BCUT2D eigenvalue weighted by molar-refractivity contribution is 0.280. The fraction of sp³-hybridized carbons (Fsp3) is 0.286. The number of sulfonamides is 1. The second-order valence-electron chi connectivity index (χ2n) is 4.59. The second-order valence-corrected chi connectivity index (χ2v) is 6.63. The zero-order valence-corrected chi connectivity index (χ0v) is 12.2. The van der Waals surface area contributed by atoms with Crippen molar-refractivity contribution in [3.8, 4) is 0 Å². The van der Waals surface area contributed by atoms with E-state index < -0.39 is 10.0 Å². The number of rotatable bonds is 5. The maximum absolute atomic E-state index is 12.4. The Labute approximate surface area is 118 Å². The van der Waals surface area contributed by atoms with Gasteiger partial charge in [0.25, 0.3) is 0 Å². The molecule has 0 unspecified atom stereocenters. The first-order chi connectivity index (χ1) is 9.45. The van der Waals surface area contributed by atoms with Crippen LogP contribution < -0.4 is 0 Å². The average molecular weight is 295 g/mol. The monoisotopic (exact) mass is 295 g/mol. The minimum Gasteiger partial charge on any atom is -0.468 e. The molecule has 0 bridgehead atoms. The Bertz CT molecular complexity index is 677. The van der Waals surface area contributed by atoms with E-state index in [4.69, 9.17) is 4.42 Å². The number of benzene rings is 1. The van der Waals surface area contributed by atoms with E-state index in [0.717, 1.165) is 5.56 Å². The topological polar surface area (TPSA) is 70.8 Å². The van der Waals surface area contributed by atoms with E-state index in [1.165, 1.54) is 23.7 Å². The first-order valence-corrected chi connectivity index (χ1v) is 7.58. The highest BCUT2D eigenvalue weighted by molar-refractivity contribution is 7.89. The summed E-state index contributed by atoms with van der Waals surface area (Å²) in [5.41, 5.74) is 1.47. The summed E-state index contributed by atoms with van der Waals surface area (Å²) < 4.78 is 31.3. The average Bonchev–Trinajstić information content (AvgIpc) is 2.91. The molecular formula is C14H17NO4S. The highest BCUT2D eigenvalue weighted by Gasteiger charge is 2.22. The van der Waals surface area contributed by atoms with Crippen molar-refractivity contribution in [3.05, 3.63) is 53.5 Å². The van der Waals surface area contributed by atoms with E-state index in [2.05, 4.69) is 0 Å². The van der Waals surface area contributed by atoms with Gasteiger partial charge in [-0.25, -0.2) is 8.42 Å². The normalized spacial score (nSPS) is 12.0. The first-order valence-electron chi connectivity index (χ1n) is 6.14. The molecule has 1 heterocycles. The molecule has 0 amide bonds. The molecule has 0 spiro atoms. The lowest BCUT2D eigenvalue weighted by Crippen LogP contribution is -2.26. The van der Waals surface area contributed by atoms with Crippen molar-refractivity contribution in [1.29, 1.82) is 0 Å². The van der Waals surface area contributed by atoms with Gasteiger partial charge in [-0.3, -0.25) is 0 Å². The predicted molar refractivity (Wildman–Crippen MR) is 74.5 cm³/mol. The van der Waals surface area contributed by atoms with Crippen LogP contribution in [0.3, 0.4) is 0 Å². The van der Waals surface area contributed by atoms with Crippen LogP contribution in [0.2, 0.25) is 0 Å². The van der Waals surface area contributed by atoms with Crippen molar-refractivity contribution in [3.63, 3.8) is 0 Å². The smallest absolute Gasteiger partial charge is 0.243 e. The molecule has 0 saturated carbocycles. The Morgan fingerprint density at radius 3 is 2.65 bits per heavy atom. The zero-order valence-electron chi connectivity index (χ0n) is 11.4. The molecule has 6 heteroatoms. The number of aryl methyl sites for hydroxylation is 1. The van der Waals surface area contributed by atoms with Crippen LogP contribution >= 0.6 is 0 Å². The summed E-state index contributed by atoms with van der Waals surface area (Å²) in [6.45, 7) is 1.81. The molecule has 0 aliphatic rings. The SMILES string of the molecule is Cc1ccc(S(=O)(=O)N(C)Cc2ccco2)cc1CO. The largest absolute Gasteiger partial charge is 0.468 e. The number of aliphatic hydroxyl groups is 1. The number of nitrogens with zero attached hydrogens (tertiary/aromatic N) is 1. The van der Waals surface area contributed by atoms with E-state index in [1.807, 2.05) is 6.92 Å². The Balaban J connectivity index is 2.29. The fourth-order valence-corrected chi connectivity index (χ4v) is 3.05. The highest BCUT2D eigenvalue weighted by Crippen LogP contribution is 2.20. The number of furan rings is 1.